The van der Waals surface area contributed by atoms with Gasteiger partial charge in [-0.2, -0.15) is 0 Å². The van der Waals surface area contributed by atoms with Gasteiger partial charge in [0.2, 0.25) is 0 Å². The number of rotatable bonds is 1. The summed E-state index contributed by atoms with van der Waals surface area (Å²) in [6.07, 6.45) is 9.36. The third kappa shape index (κ3) is 2.45. The Labute approximate surface area is 101 Å². The van der Waals surface area contributed by atoms with E-state index in [2.05, 4.69) is 27.7 Å². The van der Waals surface area contributed by atoms with E-state index in [-0.39, 0.29) is 5.54 Å². The second-order valence-corrected chi connectivity index (χ2v) is 8.07. The molecule has 0 heterocycles. The fourth-order valence-electron chi connectivity index (χ4n) is 5.05. The first-order valence-electron chi connectivity index (χ1n) is 7.02. The molecule has 0 atom stereocenters. The van der Waals surface area contributed by atoms with E-state index in [0.717, 1.165) is 5.92 Å². The van der Waals surface area contributed by atoms with Crippen molar-refractivity contribution in [3.8, 4) is 0 Å². The molecule has 1 nitrogen and oxygen atoms in total. The van der Waals surface area contributed by atoms with Gasteiger partial charge in [0.15, 0.2) is 0 Å². The molecule has 0 unspecified atom stereocenters. The molecule has 0 aromatic heterocycles. The Bertz CT molecular complexity index is 243. The summed E-state index contributed by atoms with van der Waals surface area (Å²) >= 11 is 0. The molecule has 2 aliphatic carbocycles. The molecule has 0 spiro atoms. The molecule has 0 bridgehead atoms. The van der Waals surface area contributed by atoms with Gasteiger partial charge in [-0.25, -0.2) is 0 Å². The molecule has 94 valence electrons. The summed E-state index contributed by atoms with van der Waals surface area (Å²) in [7, 11) is 0. The molecule has 1 heteroatoms. The highest BCUT2D eigenvalue weighted by molar-refractivity contribution is 5.04. The van der Waals surface area contributed by atoms with Gasteiger partial charge in [0, 0.05) is 5.54 Å². The van der Waals surface area contributed by atoms with Crippen molar-refractivity contribution in [3.63, 3.8) is 0 Å². The van der Waals surface area contributed by atoms with Gasteiger partial charge >= 0.3 is 0 Å². The third-order valence-corrected chi connectivity index (χ3v) is 4.74. The molecule has 2 saturated carbocycles. The minimum absolute atomic E-state index is 0.127. The van der Waals surface area contributed by atoms with Crippen LogP contribution in [0.15, 0.2) is 0 Å². The molecular weight excluding hydrogens is 194 g/mol. The highest BCUT2D eigenvalue weighted by atomic mass is 14.8. The van der Waals surface area contributed by atoms with Crippen LogP contribution < -0.4 is 5.73 Å². The molecule has 2 N–H and O–H groups in total. The lowest BCUT2D eigenvalue weighted by Crippen LogP contribution is -2.56. The highest BCUT2D eigenvalue weighted by Gasteiger charge is 2.49. The molecule has 0 aromatic rings. The van der Waals surface area contributed by atoms with Gasteiger partial charge < -0.3 is 5.73 Å². The van der Waals surface area contributed by atoms with Crippen molar-refractivity contribution in [3.05, 3.63) is 0 Å². The first-order chi connectivity index (χ1) is 7.23. The average molecular weight is 223 g/mol. The maximum atomic E-state index is 6.82. The van der Waals surface area contributed by atoms with Crippen LogP contribution in [-0.4, -0.2) is 5.54 Å². The summed E-state index contributed by atoms with van der Waals surface area (Å²) in [5, 5.41) is 0. The smallest absolute Gasteiger partial charge is 0.0193 e. The van der Waals surface area contributed by atoms with Crippen molar-refractivity contribution < 1.29 is 0 Å². The normalized spacial score (nSPS) is 32.8. The van der Waals surface area contributed by atoms with Crippen LogP contribution in [0.5, 0.6) is 0 Å². The van der Waals surface area contributed by atoms with Gasteiger partial charge in [0.25, 0.3) is 0 Å². The van der Waals surface area contributed by atoms with Crippen molar-refractivity contribution >= 4 is 0 Å². The highest BCUT2D eigenvalue weighted by Crippen LogP contribution is 2.53. The van der Waals surface area contributed by atoms with Crippen LogP contribution in [0.3, 0.4) is 0 Å². The third-order valence-electron chi connectivity index (χ3n) is 4.74. The van der Waals surface area contributed by atoms with E-state index in [4.69, 9.17) is 5.73 Å². The van der Waals surface area contributed by atoms with Gasteiger partial charge in [-0.1, -0.05) is 40.5 Å². The van der Waals surface area contributed by atoms with Crippen LogP contribution in [-0.2, 0) is 0 Å². The van der Waals surface area contributed by atoms with Crippen molar-refractivity contribution in [2.24, 2.45) is 22.5 Å². The molecule has 0 amide bonds. The lowest BCUT2D eigenvalue weighted by molar-refractivity contribution is 0.0190. The van der Waals surface area contributed by atoms with Crippen molar-refractivity contribution in [1.29, 1.82) is 0 Å². The zero-order valence-corrected chi connectivity index (χ0v) is 11.6. The minimum atomic E-state index is 0.127. The van der Waals surface area contributed by atoms with E-state index >= 15 is 0 Å². The molecule has 2 aliphatic rings. The van der Waals surface area contributed by atoms with E-state index in [0.29, 0.717) is 10.8 Å². The molecule has 2 fully saturated rings. The van der Waals surface area contributed by atoms with Crippen molar-refractivity contribution in [2.75, 3.05) is 0 Å². The lowest BCUT2D eigenvalue weighted by atomic mass is 9.55. The molecule has 2 rings (SSSR count). The van der Waals surface area contributed by atoms with Crippen LogP contribution in [0, 0.1) is 16.7 Å². The molecule has 0 aliphatic heterocycles. The van der Waals surface area contributed by atoms with E-state index in [9.17, 15) is 0 Å². The van der Waals surface area contributed by atoms with Gasteiger partial charge in [0.05, 0.1) is 0 Å². The number of hydrogen-bond donors (Lipinski definition) is 1. The predicted molar refractivity (Wildman–Crippen MR) is 70.3 cm³/mol. The Balaban J connectivity index is 2.19. The molecule has 0 aromatic carbocycles. The first kappa shape index (κ1) is 12.4. The summed E-state index contributed by atoms with van der Waals surface area (Å²) < 4.78 is 0. The SMILES string of the molecule is CC1(C)CC(C)(C)CC(N)(C2CCCC2)C1. The Kier molecular flexibility index (Phi) is 2.89. The second-order valence-electron chi connectivity index (χ2n) is 8.07. The standard InChI is InChI=1S/C15H29N/c1-13(2)9-14(3,4)11-15(16,10-13)12-7-5-6-8-12/h12H,5-11,16H2,1-4H3. The van der Waals surface area contributed by atoms with Gasteiger partial charge in [-0.15, -0.1) is 0 Å². The fourth-order valence-corrected chi connectivity index (χ4v) is 5.05. The first-order valence-corrected chi connectivity index (χ1v) is 7.02. The Morgan fingerprint density at radius 2 is 1.25 bits per heavy atom. The van der Waals surface area contributed by atoms with E-state index < -0.39 is 0 Å². The minimum Gasteiger partial charge on any atom is -0.325 e. The quantitative estimate of drug-likeness (QED) is 0.711. The zero-order chi connectivity index (χ0) is 12.0. The average Bonchev–Trinajstić information content (AvgIpc) is 2.46. The van der Waals surface area contributed by atoms with Gasteiger partial charge in [-0.3, -0.25) is 0 Å². The summed E-state index contributed by atoms with van der Waals surface area (Å²) in [5.74, 6) is 0.798. The van der Waals surface area contributed by atoms with E-state index in [1.807, 2.05) is 0 Å². The second kappa shape index (κ2) is 3.73. The Morgan fingerprint density at radius 1 is 0.812 bits per heavy atom. The molecule has 16 heavy (non-hydrogen) atoms. The summed E-state index contributed by atoms with van der Waals surface area (Å²) in [6, 6.07) is 0. The lowest BCUT2D eigenvalue weighted by Gasteiger charge is -2.53. The molecule has 0 saturated heterocycles. The van der Waals surface area contributed by atoms with Gasteiger partial charge in [-0.05, 0) is 48.9 Å². The van der Waals surface area contributed by atoms with Crippen molar-refractivity contribution in [2.45, 2.75) is 78.2 Å². The largest absolute Gasteiger partial charge is 0.325 e. The van der Waals surface area contributed by atoms with Crippen LogP contribution in [0.1, 0.15) is 72.6 Å². The Hall–Kier alpha value is -0.0400. The predicted octanol–water partition coefficient (Wildman–Crippen LogP) is 4.11. The summed E-state index contributed by atoms with van der Waals surface area (Å²) in [4.78, 5) is 0. The zero-order valence-electron chi connectivity index (χ0n) is 11.6. The monoisotopic (exact) mass is 223 g/mol. The van der Waals surface area contributed by atoms with Crippen LogP contribution >= 0.6 is 0 Å². The maximum absolute atomic E-state index is 6.82. The van der Waals surface area contributed by atoms with E-state index in [1.54, 1.807) is 0 Å². The molecule has 0 radical (unpaired) electrons. The van der Waals surface area contributed by atoms with E-state index in [1.165, 1.54) is 44.9 Å². The van der Waals surface area contributed by atoms with Crippen LogP contribution in [0.25, 0.3) is 0 Å². The number of hydrogen-bond acceptors (Lipinski definition) is 1. The van der Waals surface area contributed by atoms with Gasteiger partial charge in [0.1, 0.15) is 0 Å². The van der Waals surface area contributed by atoms with Crippen LogP contribution in [0.2, 0.25) is 0 Å². The topological polar surface area (TPSA) is 26.0 Å². The number of nitrogens with two attached hydrogens (primary N) is 1. The molecular formula is C15H29N. The summed E-state index contributed by atoms with van der Waals surface area (Å²) in [5.41, 5.74) is 7.80. The fraction of sp³-hybridized carbons (Fsp3) is 1.00. The Morgan fingerprint density at radius 3 is 1.69 bits per heavy atom. The van der Waals surface area contributed by atoms with Crippen LogP contribution in [0.4, 0.5) is 0 Å². The van der Waals surface area contributed by atoms with Crippen molar-refractivity contribution in [1.82, 2.24) is 0 Å². The summed E-state index contributed by atoms with van der Waals surface area (Å²) in [6.45, 7) is 9.63. The maximum Gasteiger partial charge on any atom is 0.0193 e.